The molecule has 3 rings (SSSR count). The van der Waals surface area contributed by atoms with Gasteiger partial charge in [-0.05, 0) is 36.4 Å². The van der Waals surface area contributed by atoms with Gasteiger partial charge in [-0.15, -0.1) is 0 Å². The molecule has 1 aromatic heterocycles. The van der Waals surface area contributed by atoms with Crippen LogP contribution in [0.15, 0.2) is 47.4 Å². The highest BCUT2D eigenvalue weighted by atomic mass is 32.2. The average molecular weight is 384 g/mol. The third-order valence-electron chi connectivity index (χ3n) is 3.20. The smallest absolute Gasteiger partial charge is 0.261 e. The van der Waals surface area contributed by atoms with Gasteiger partial charge in [0.2, 0.25) is 10.0 Å². The molecule has 0 saturated heterocycles. The van der Waals surface area contributed by atoms with E-state index in [9.17, 15) is 21.2 Å². The van der Waals surface area contributed by atoms with Crippen molar-refractivity contribution in [1.29, 1.82) is 0 Å². The molecule has 0 unspecified atom stereocenters. The molecule has 132 valence electrons. The van der Waals surface area contributed by atoms with E-state index in [1.54, 1.807) is 6.07 Å². The van der Waals surface area contributed by atoms with Crippen LogP contribution in [0.5, 0.6) is 0 Å². The zero-order valence-electron chi connectivity index (χ0n) is 12.8. The zero-order chi connectivity index (χ0) is 18.2. The van der Waals surface area contributed by atoms with Gasteiger partial charge < -0.3 is 0 Å². The molecule has 0 atom stereocenters. The van der Waals surface area contributed by atoms with Crippen molar-refractivity contribution in [3.8, 4) is 0 Å². The Hall–Kier alpha value is -2.66. The van der Waals surface area contributed by atoms with E-state index in [4.69, 9.17) is 0 Å². The highest BCUT2D eigenvalue weighted by Gasteiger charge is 2.16. The Morgan fingerprint density at radius 2 is 1.80 bits per heavy atom. The standard InChI is InChI=1S/C14H13FN4O4S2/c1-24(20,21)19-14-12-8-10(5-6-13(12)16-17-14)18-25(22,23)11-4-2-3-9(15)7-11/h2-8,18H,1H3,(H2,16,17,19). The van der Waals surface area contributed by atoms with Crippen molar-refractivity contribution in [3.05, 3.63) is 48.3 Å². The second-order valence-corrected chi connectivity index (χ2v) is 8.70. The molecule has 0 saturated carbocycles. The Bertz CT molecular complexity index is 1160. The number of hydrogen-bond donors (Lipinski definition) is 3. The highest BCUT2D eigenvalue weighted by molar-refractivity contribution is 7.92. The fourth-order valence-electron chi connectivity index (χ4n) is 2.18. The number of nitrogens with zero attached hydrogens (tertiary/aromatic N) is 1. The summed E-state index contributed by atoms with van der Waals surface area (Å²) in [6, 6.07) is 9.02. The molecule has 2 aromatic carbocycles. The molecule has 3 aromatic rings. The van der Waals surface area contributed by atoms with Gasteiger partial charge in [-0.1, -0.05) is 6.07 Å². The summed E-state index contributed by atoms with van der Waals surface area (Å²) in [4.78, 5) is -0.228. The molecule has 3 N–H and O–H groups in total. The molecular weight excluding hydrogens is 371 g/mol. The van der Waals surface area contributed by atoms with Gasteiger partial charge in [-0.2, -0.15) is 5.10 Å². The Morgan fingerprint density at radius 3 is 2.48 bits per heavy atom. The summed E-state index contributed by atoms with van der Waals surface area (Å²) in [6.07, 6.45) is 0.976. The first-order valence-corrected chi connectivity index (χ1v) is 10.3. The number of nitrogens with one attached hydrogen (secondary N) is 3. The van der Waals surface area contributed by atoms with Crippen LogP contribution in [0, 0.1) is 5.82 Å². The van der Waals surface area contributed by atoms with Gasteiger partial charge in [0.05, 0.1) is 16.7 Å². The maximum absolute atomic E-state index is 13.2. The van der Waals surface area contributed by atoms with E-state index in [-0.39, 0.29) is 16.4 Å². The number of anilines is 2. The number of aromatic amines is 1. The predicted octanol–water partition coefficient (Wildman–Crippen LogP) is 1.87. The van der Waals surface area contributed by atoms with E-state index >= 15 is 0 Å². The number of hydrogen-bond acceptors (Lipinski definition) is 5. The van der Waals surface area contributed by atoms with Crippen molar-refractivity contribution in [2.45, 2.75) is 4.90 Å². The van der Waals surface area contributed by atoms with Crippen molar-refractivity contribution >= 4 is 42.5 Å². The molecule has 25 heavy (non-hydrogen) atoms. The van der Waals surface area contributed by atoms with Crippen LogP contribution in [0.2, 0.25) is 0 Å². The largest absolute Gasteiger partial charge is 0.280 e. The second kappa shape index (κ2) is 6.01. The van der Waals surface area contributed by atoms with Crippen LogP contribution in [0.1, 0.15) is 0 Å². The normalized spacial score (nSPS) is 12.2. The lowest BCUT2D eigenvalue weighted by Gasteiger charge is -2.08. The number of benzene rings is 2. The first-order chi connectivity index (χ1) is 11.6. The lowest BCUT2D eigenvalue weighted by atomic mass is 10.2. The third kappa shape index (κ3) is 3.88. The van der Waals surface area contributed by atoms with Crippen LogP contribution in [0.3, 0.4) is 0 Å². The summed E-state index contributed by atoms with van der Waals surface area (Å²) < 4.78 is 65.2. The minimum Gasteiger partial charge on any atom is -0.280 e. The molecule has 1 heterocycles. The Labute approximate surface area is 143 Å². The van der Waals surface area contributed by atoms with Crippen LogP contribution in [0.25, 0.3) is 10.9 Å². The summed E-state index contributed by atoms with van der Waals surface area (Å²) in [5, 5.41) is 6.86. The number of rotatable bonds is 5. The highest BCUT2D eigenvalue weighted by Crippen LogP contribution is 2.26. The summed E-state index contributed by atoms with van der Waals surface area (Å²) in [7, 11) is -7.54. The minimum absolute atomic E-state index is 0.0457. The molecule has 0 aliphatic rings. The molecule has 0 fully saturated rings. The Balaban J connectivity index is 1.98. The first-order valence-electron chi connectivity index (χ1n) is 6.88. The molecule has 8 nitrogen and oxygen atoms in total. The van der Waals surface area contributed by atoms with Gasteiger partial charge in [-0.3, -0.25) is 14.5 Å². The van der Waals surface area contributed by atoms with Gasteiger partial charge in [-0.25, -0.2) is 21.2 Å². The quantitative estimate of drug-likeness (QED) is 0.620. The Morgan fingerprint density at radius 1 is 1.04 bits per heavy atom. The fraction of sp³-hybridized carbons (Fsp3) is 0.0714. The molecule has 0 aliphatic carbocycles. The van der Waals surface area contributed by atoms with Crippen LogP contribution < -0.4 is 9.44 Å². The summed E-state index contributed by atoms with van der Waals surface area (Å²) >= 11 is 0. The maximum Gasteiger partial charge on any atom is 0.261 e. The van der Waals surface area contributed by atoms with Crippen molar-refractivity contribution < 1.29 is 21.2 Å². The molecule has 0 bridgehead atoms. The summed E-state index contributed by atoms with van der Waals surface area (Å²) in [5.74, 6) is -0.628. The molecule has 0 aliphatic heterocycles. The van der Waals surface area contributed by atoms with Gasteiger partial charge in [0, 0.05) is 11.1 Å². The molecular formula is C14H13FN4O4S2. The van der Waals surface area contributed by atoms with Crippen molar-refractivity contribution in [2.24, 2.45) is 0 Å². The number of aromatic nitrogens is 2. The van der Waals surface area contributed by atoms with Crippen LogP contribution in [-0.2, 0) is 20.0 Å². The number of H-pyrrole nitrogens is 1. The fourth-order valence-corrected chi connectivity index (χ4v) is 3.77. The van der Waals surface area contributed by atoms with E-state index in [0.717, 1.165) is 18.4 Å². The van der Waals surface area contributed by atoms with E-state index in [0.29, 0.717) is 10.9 Å². The number of sulfonamides is 2. The van der Waals surface area contributed by atoms with Crippen LogP contribution in [-0.4, -0.2) is 33.3 Å². The van der Waals surface area contributed by atoms with E-state index in [2.05, 4.69) is 19.6 Å². The zero-order valence-corrected chi connectivity index (χ0v) is 14.4. The topological polar surface area (TPSA) is 121 Å². The van der Waals surface area contributed by atoms with Crippen molar-refractivity contribution in [1.82, 2.24) is 10.2 Å². The second-order valence-electron chi connectivity index (χ2n) is 5.27. The SMILES string of the molecule is CS(=O)(=O)Nc1n[nH]c2ccc(NS(=O)(=O)c3cccc(F)c3)cc12. The predicted molar refractivity (Wildman–Crippen MR) is 91.8 cm³/mol. The molecule has 11 heteroatoms. The summed E-state index contributed by atoms with van der Waals surface area (Å²) in [6.45, 7) is 0. The lowest BCUT2D eigenvalue weighted by Crippen LogP contribution is -2.13. The van der Waals surface area contributed by atoms with Gasteiger partial charge >= 0.3 is 0 Å². The van der Waals surface area contributed by atoms with E-state index in [1.807, 2.05) is 0 Å². The molecule has 0 amide bonds. The van der Waals surface area contributed by atoms with Crippen molar-refractivity contribution in [2.75, 3.05) is 15.7 Å². The first kappa shape index (κ1) is 17.2. The summed E-state index contributed by atoms with van der Waals surface area (Å²) in [5.41, 5.74) is 0.689. The number of halogens is 1. The monoisotopic (exact) mass is 384 g/mol. The minimum atomic E-state index is -3.99. The third-order valence-corrected chi connectivity index (χ3v) is 5.15. The van der Waals surface area contributed by atoms with E-state index in [1.165, 1.54) is 24.3 Å². The van der Waals surface area contributed by atoms with E-state index < -0.39 is 25.9 Å². The lowest BCUT2D eigenvalue weighted by molar-refractivity contribution is 0.595. The molecule has 0 radical (unpaired) electrons. The van der Waals surface area contributed by atoms with Gasteiger partial charge in [0.1, 0.15) is 5.82 Å². The number of fused-ring (bicyclic) bond motifs is 1. The van der Waals surface area contributed by atoms with Crippen LogP contribution in [0.4, 0.5) is 15.9 Å². The Kier molecular flexibility index (Phi) is 4.13. The van der Waals surface area contributed by atoms with Gasteiger partial charge in [0.25, 0.3) is 10.0 Å². The average Bonchev–Trinajstić information content (AvgIpc) is 2.87. The molecule has 0 spiro atoms. The maximum atomic E-state index is 13.2. The van der Waals surface area contributed by atoms with Crippen LogP contribution >= 0.6 is 0 Å². The van der Waals surface area contributed by atoms with Crippen molar-refractivity contribution in [3.63, 3.8) is 0 Å². The van der Waals surface area contributed by atoms with Gasteiger partial charge in [0.15, 0.2) is 5.82 Å².